The second-order valence-corrected chi connectivity index (χ2v) is 7.73. The van der Waals surface area contributed by atoms with Crippen LogP contribution in [0.1, 0.15) is 43.5 Å². The number of anilines is 1. The van der Waals surface area contributed by atoms with Crippen molar-refractivity contribution in [1.29, 1.82) is 0 Å². The average molecular weight is 385 g/mol. The van der Waals surface area contributed by atoms with Gasteiger partial charge in [-0.3, -0.25) is 4.57 Å². The number of benzene rings is 1. The lowest BCUT2D eigenvalue weighted by Crippen LogP contribution is -2.22. The van der Waals surface area contributed by atoms with Crippen molar-refractivity contribution in [2.24, 2.45) is 0 Å². The quantitative estimate of drug-likeness (QED) is 0.574. The van der Waals surface area contributed by atoms with E-state index in [4.69, 9.17) is 4.52 Å². The molecule has 0 bridgehead atoms. The normalized spacial score (nSPS) is 14.2. The molecule has 0 spiro atoms. The van der Waals surface area contributed by atoms with Gasteiger partial charge in [-0.1, -0.05) is 41.5 Å². The molecule has 0 atom stereocenters. The van der Waals surface area contributed by atoms with E-state index in [0.29, 0.717) is 11.6 Å². The molecule has 2 aromatic heterocycles. The van der Waals surface area contributed by atoms with E-state index in [1.54, 1.807) is 11.8 Å². The van der Waals surface area contributed by atoms with Gasteiger partial charge in [0.15, 0.2) is 11.0 Å². The maximum absolute atomic E-state index is 5.36. The molecule has 3 heterocycles. The van der Waals surface area contributed by atoms with E-state index in [9.17, 15) is 0 Å². The Morgan fingerprint density at radius 2 is 1.89 bits per heavy atom. The summed E-state index contributed by atoms with van der Waals surface area (Å²) in [6.45, 7) is 6.25. The highest BCUT2D eigenvalue weighted by Crippen LogP contribution is 2.30. The predicted molar refractivity (Wildman–Crippen MR) is 105 cm³/mol. The van der Waals surface area contributed by atoms with Crippen LogP contribution in [0.25, 0.3) is 5.69 Å². The molecule has 142 valence electrons. The number of aryl methyl sites for hydroxylation is 2. The molecule has 1 aliphatic rings. The minimum absolute atomic E-state index is 0.584. The van der Waals surface area contributed by atoms with E-state index < -0.39 is 0 Å². The van der Waals surface area contributed by atoms with Gasteiger partial charge >= 0.3 is 0 Å². The minimum atomic E-state index is 0.584. The molecule has 1 aromatic carbocycles. The fourth-order valence-electron chi connectivity index (χ4n) is 3.20. The molecule has 0 N–H and O–H groups in total. The first-order valence-corrected chi connectivity index (χ1v) is 10.4. The lowest BCUT2D eigenvalue weighted by atomic mass is 10.2. The molecule has 0 saturated carbocycles. The maximum atomic E-state index is 5.36. The van der Waals surface area contributed by atoms with Crippen LogP contribution in [0.2, 0.25) is 0 Å². The summed E-state index contributed by atoms with van der Waals surface area (Å²) in [6, 6.07) is 8.47. The van der Waals surface area contributed by atoms with E-state index in [0.717, 1.165) is 48.5 Å². The van der Waals surface area contributed by atoms with Crippen LogP contribution in [-0.4, -0.2) is 38.0 Å². The summed E-state index contributed by atoms with van der Waals surface area (Å²) in [4.78, 5) is 6.76. The van der Waals surface area contributed by atoms with Crippen molar-refractivity contribution in [3.63, 3.8) is 0 Å². The van der Waals surface area contributed by atoms with Crippen LogP contribution in [0.3, 0.4) is 0 Å². The Hall–Kier alpha value is -2.35. The van der Waals surface area contributed by atoms with E-state index >= 15 is 0 Å². The van der Waals surface area contributed by atoms with Crippen molar-refractivity contribution >= 4 is 17.7 Å². The Bertz CT molecular complexity index is 882. The number of nitrogens with zero attached hydrogens (tertiary/aromatic N) is 6. The summed E-state index contributed by atoms with van der Waals surface area (Å²) in [5.74, 6) is 2.90. The lowest BCUT2D eigenvalue weighted by Gasteiger charge is -2.18. The van der Waals surface area contributed by atoms with Gasteiger partial charge < -0.3 is 9.42 Å². The molecule has 0 aliphatic carbocycles. The first-order valence-electron chi connectivity index (χ1n) is 9.46. The van der Waals surface area contributed by atoms with Crippen LogP contribution in [0.5, 0.6) is 0 Å². The van der Waals surface area contributed by atoms with Gasteiger partial charge in [0.05, 0.1) is 11.4 Å². The first-order chi connectivity index (χ1) is 13.2. The molecular weight excluding hydrogens is 360 g/mol. The Balaban J connectivity index is 1.60. The lowest BCUT2D eigenvalue weighted by molar-refractivity contribution is 0.384. The number of thioether (sulfide) groups is 1. The second kappa shape index (κ2) is 8.12. The van der Waals surface area contributed by atoms with Crippen LogP contribution in [0.15, 0.2) is 33.9 Å². The van der Waals surface area contributed by atoms with Crippen molar-refractivity contribution < 1.29 is 4.52 Å². The standard InChI is InChI=1S/C19H24N6OS/c1-3-6-16-20-17(26-23-16)13-27-19-22-21-18(24-11-4-5-12-24)25(19)15-9-7-14(2)8-10-15/h7-10H,3-6,11-13H2,1-2H3. The highest BCUT2D eigenvalue weighted by molar-refractivity contribution is 7.98. The van der Waals surface area contributed by atoms with Gasteiger partial charge in [-0.2, -0.15) is 4.98 Å². The molecule has 0 radical (unpaired) electrons. The van der Waals surface area contributed by atoms with E-state index in [2.05, 4.69) is 67.9 Å². The number of hydrogen-bond acceptors (Lipinski definition) is 7. The van der Waals surface area contributed by atoms with Crippen molar-refractivity contribution in [1.82, 2.24) is 24.9 Å². The summed E-state index contributed by atoms with van der Waals surface area (Å²) >= 11 is 1.58. The van der Waals surface area contributed by atoms with Crippen LogP contribution < -0.4 is 4.90 Å². The highest BCUT2D eigenvalue weighted by Gasteiger charge is 2.23. The third kappa shape index (κ3) is 4.00. The average Bonchev–Trinajstić information content (AvgIpc) is 3.41. The fourth-order valence-corrected chi connectivity index (χ4v) is 3.98. The number of rotatable bonds is 7. The zero-order valence-electron chi connectivity index (χ0n) is 15.8. The highest BCUT2D eigenvalue weighted by atomic mass is 32.2. The summed E-state index contributed by atoms with van der Waals surface area (Å²) < 4.78 is 7.49. The summed E-state index contributed by atoms with van der Waals surface area (Å²) in [5.41, 5.74) is 2.31. The third-order valence-electron chi connectivity index (χ3n) is 4.61. The number of hydrogen-bond donors (Lipinski definition) is 0. The van der Waals surface area contributed by atoms with Gasteiger partial charge in [-0.05, 0) is 38.3 Å². The Morgan fingerprint density at radius 3 is 2.63 bits per heavy atom. The Kier molecular flexibility index (Phi) is 5.42. The van der Waals surface area contributed by atoms with Crippen molar-refractivity contribution in [2.45, 2.75) is 50.4 Å². The predicted octanol–water partition coefficient (Wildman–Crippen LogP) is 3.80. The van der Waals surface area contributed by atoms with Crippen molar-refractivity contribution in [3.8, 4) is 5.69 Å². The summed E-state index contributed by atoms with van der Waals surface area (Å²) in [5, 5.41) is 13.8. The SMILES string of the molecule is CCCc1noc(CSc2nnc(N3CCCC3)n2-c2ccc(C)cc2)n1. The van der Waals surface area contributed by atoms with Crippen LogP contribution in [-0.2, 0) is 12.2 Å². The zero-order chi connectivity index (χ0) is 18.6. The van der Waals surface area contributed by atoms with Crippen LogP contribution in [0, 0.1) is 6.92 Å². The van der Waals surface area contributed by atoms with E-state index in [1.807, 2.05) is 0 Å². The van der Waals surface area contributed by atoms with Gasteiger partial charge in [0, 0.05) is 19.5 Å². The molecule has 1 aliphatic heterocycles. The molecule has 1 fully saturated rings. The van der Waals surface area contributed by atoms with Crippen molar-refractivity contribution in [3.05, 3.63) is 41.5 Å². The molecule has 7 nitrogen and oxygen atoms in total. The molecule has 27 heavy (non-hydrogen) atoms. The first kappa shape index (κ1) is 18.0. The molecule has 1 saturated heterocycles. The second-order valence-electron chi connectivity index (χ2n) is 6.79. The molecule has 3 aromatic rings. The van der Waals surface area contributed by atoms with Gasteiger partial charge in [-0.15, -0.1) is 10.2 Å². The van der Waals surface area contributed by atoms with E-state index in [1.165, 1.54) is 18.4 Å². The van der Waals surface area contributed by atoms with Crippen molar-refractivity contribution in [2.75, 3.05) is 18.0 Å². The van der Waals surface area contributed by atoms with Crippen LogP contribution in [0.4, 0.5) is 5.95 Å². The molecule has 4 rings (SSSR count). The molecule has 8 heteroatoms. The summed E-state index contributed by atoms with van der Waals surface area (Å²) in [7, 11) is 0. The van der Waals surface area contributed by atoms with E-state index in [-0.39, 0.29) is 0 Å². The fraction of sp³-hybridized carbons (Fsp3) is 0.474. The maximum Gasteiger partial charge on any atom is 0.237 e. The zero-order valence-corrected chi connectivity index (χ0v) is 16.6. The van der Waals surface area contributed by atoms with Gasteiger partial charge in [0.2, 0.25) is 11.8 Å². The van der Waals surface area contributed by atoms with Gasteiger partial charge in [0.25, 0.3) is 0 Å². The number of aromatic nitrogens is 5. The molecular formula is C19H24N6OS. The molecule has 0 amide bonds. The van der Waals surface area contributed by atoms with Gasteiger partial charge in [-0.25, -0.2) is 0 Å². The minimum Gasteiger partial charge on any atom is -0.341 e. The van der Waals surface area contributed by atoms with Crippen LogP contribution >= 0.6 is 11.8 Å². The Labute approximate surface area is 163 Å². The Morgan fingerprint density at radius 1 is 1.11 bits per heavy atom. The molecule has 0 unspecified atom stereocenters. The summed E-state index contributed by atoms with van der Waals surface area (Å²) in [6.07, 6.45) is 4.25. The third-order valence-corrected chi connectivity index (χ3v) is 5.52. The topological polar surface area (TPSA) is 72.9 Å². The monoisotopic (exact) mass is 384 g/mol. The van der Waals surface area contributed by atoms with Gasteiger partial charge in [0.1, 0.15) is 0 Å². The largest absolute Gasteiger partial charge is 0.341 e. The smallest absolute Gasteiger partial charge is 0.237 e.